The number of nitriles is 1. The Labute approximate surface area is 191 Å². The Morgan fingerprint density at radius 1 is 1.13 bits per heavy atom. The van der Waals surface area contributed by atoms with Gasteiger partial charge in [0.25, 0.3) is 0 Å². The van der Waals surface area contributed by atoms with Gasteiger partial charge in [0.2, 0.25) is 6.19 Å². The molecular weight excluding hydrogens is 439 g/mol. The number of halogens is 2. The van der Waals surface area contributed by atoms with Crippen LogP contribution in [0.15, 0.2) is 53.4 Å². The third kappa shape index (κ3) is 8.24. The Kier molecular flexibility index (Phi) is 9.25. The van der Waals surface area contributed by atoms with Gasteiger partial charge in [-0.15, -0.1) is 0 Å². The van der Waals surface area contributed by atoms with Crippen LogP contribution < -0.4 is 0 Å². The standard InChI is InChI=1S/C11H11ClN2O2.C10H11ClN4/c1-14(9-4-11(15)16-7-9)6-8-2-3-10(12)13-5-8;1-8(14-7-12)15(2)6-9-3-4-10(11)13-5-9/h2-5H,6-7H2,1H3;3-5H,6H2,1-2H3. The van der Waals surface area contributed by atoms with E-state index >= 15 is 0 Å². The van der Waals surface area contributed by atoms with Crippen molar-refractivity contribution in [2.24, 2.45) is 4.99 Å². The number of pyridine rings is 2. The van der Waals surface area contributed by atoms with Crippen LogP contribution in [0.5, 0.6) is 0 Å². The summed E-state index contributed by atoms with van der Waals surface area (Å²) in [7, 11) is 3.77. The molecule has 2 aromatic rings. The normalized spacial score (nSPS) is 12.8. The third-order valence-electron chi connectivity index (χ3n) is 4.32. The van der Waals surface area contributed by atoms with E-state index in [1.807, 2.05) is 36.0 Å². The van der Waals surface area contributed by atoms with Crippen molar-refractivity contribution in [2.45, 2.75) is 20.0 Å². The molecule has 0 radical (unpaired) electrons. The number of cyclic esters (lactones) is 1. The predicted molar refractivity (Wildman–Crippen MR) is 119 cm³/mol. The molecular formula is C21H22Cl2N6O2. The molecule has 1 aliphatic rings. The number of nitrogens with zero attached hydrogens (tertiary/aromatic N) is 6. The second kappa shape index (κ2) is 11.9. The molecule has 10 heteroatoms. The average Bonchev–Trinajstić information content (AvgIpc) is 3.18. The molecule has 0 N–H and O–H groups in total. The first-order valence-electron chi connectivity index (χ1n) is 9.22. The summed E-state index contributed by atoms with van der Waals surface area (Å²) in [4.78, 5) is 26.3. The average molecular weight is 461 g/mol. The first kappa shape index (κ1) is 24.1. The van der Waals surface area contributed by atoms with Gasteiger partial charge in [0.1, 0.15) is 22.7 Å². The third-order valence-corrected chi connectivity index (χ3v) is 4.77. The summed E-state index contributed by atoms with van der Waals surface area (Å²) in [6.07, 6.45) is 6.68. The first-order valence-corrected chi connectivity index (χ1v) is 9.98. The second-order valence-corrected chi connectivity index (χ2v) is 7.47. The fraction of sp³-hybridized carbons (Fsp3) is 0.286. The van der Waals surface area contributed by atoms with E-state index in [0.717, 1.165) is 16.8 Å². The molecule has 31 heavy (non-hydrogen) atoms. The van der Waals surface area contributed by atoms with Crippen molar-refractivity contribution in [1.29, 1.82) is 5.26 Å². The Morgan fingerprint density at radius 2 is 1.71 bits per heavy atom. The molecule has 1 aliphatic heterocycles. The zero-order chi connectivity index (χ0) is 22.8. The molecule has 0 fully saturated rings. The highest BCUT2D eigenvalue weighted by Crippen LogP contribution is 2.14. The number of rotatable bonds is 5. The number of carbonyl (C=O) groups excluding carboxylic acids is 1. The summed E-state index contributed by atoms with van der Waals surface area (Å²) >= 11 is 11.4. The summed E-state index contributed by atoms with van der Waals surface area (Å²) in [6, 6.07) is 7.28. The van der Waals surface area contributed by atoms with E-state index in [9.17, 15) is 4.79 Å². The van der Waals surface area contributed by atoms with E-state index in [0.29, 0.717) is 35.8 Å². The molecule has 0 unspecified atom stereocenters. The van der Waals surface area contributed by atoms with Gasteiger partial charge in [0, 0.05) is 45.7 Å². The smallest absolute Gasteiger partial charge is 0.333 e. The summed E-state index contributed by atoms with van der Waals surface area (Å²) in [5.74, 6) is 0.392. The minimum absolute atomic E-state index is 0.281. The van der Waals surface area contributed by atoms with Gasteiger partial charge in [-0.2, -0.15) is 10.3 Å². The van der Waals surface area contributed by atoms with Crippen molar-refractivity contribution in [3.63, 3.8) is 0 Å². The maximum atomic E-state index is 10.9. The Balaban J connectivity index is 0.000000221. The van der Waals surface area contributed by atoms with Crippen molar-refractivity contribution < 1.29 is 9.53 Å². The zero-order valence-electron chi connectivity index (χ0n) is 17.4. The van der Waals surface area contributed by atoms with Gasteiger partial charge in [0.15, 0.2) is 0 Å². The van der Waals surface area contributed by atoms with Gasteiger partial charge < -0.3 is 14.5 Å². The van der Waals surface area contributed by atoms with Crippen molar-refractivity contribution in [1.82, 2.24) is 19.8 Å². The lowest BCUT2D eigenvalue weighted by Crippen LogP contribution is -2.23. The highest BCUT2D eigenvalue weighted by molar-refractivity contribution is 6.29. The molecule has 0 aliphatic carbocycles. The molecule has 0 saturated carbocycles. The lowest BCUT2D eigenvalue weighted by Gasteiger charge is -2.18. The maximum Gasteiger partial charge on any atom is 0.333 e. The highest BCUT2D eigenvalue weighted by Gasteiger charge is 2.16. The Morgan fingerprint density at radius 3 is 2.16 bits per heavy atom. The van der Waals surface area contributed by atoms with Crippen LogP contribution in [0.3, 0.4) is 0 Å². The van der Waals surface area contributed by atoms with E-state index in [2.05, 4.69) is 15.0 Å². The molecule has 3 rings (SSSR count). The van der Waals surface area contributed by atoms with Crippen LogP contribution in [0.25, 0.3) is 0 Å². The number of ether oxygens (including phenoxy) is 1. The van der Waals surface area contributed by atoms with E-state index < -0.39 is 0 Å². The van der Waals surface area contributed by atoms with Crippen LogP contribution >= 0.6 is 23.2 Å². The number of carbonyl (C=O) groups is 1. The van der Waals surface area contributed by atoms with Gasteiger partial charge >= 0.3 is 5.97 Å². The van der Waals surface area contributed by atoms with Crippen LogP contribution in [0.2, 0.25) is 10.3 Å². The molecule has 0 aromatic carbocycles. The Bertz CT molecular complexity index is 984. The quantitative estimate of drug-likeness (QED) is 0.220. The van der Waals surface area contributed by atoms with Gasteiger partial charge in [-0.25, -0.2) is 14.8 Å². The van der Waals surface area contributed by atoms with Gasteiger partial charge in [-0.05, 0) is 30.2 Å². The van der Waals surface area contributed by atoms with Crippen molar-refractivity contribution in [2.75, 3.05) is 20.7 Å². The van der Waals surface area contributed by atoms with Crippen molar-refractivity contribution in [3.8, 4) is 6.19 Å². The summed E-state index contributed by atoms with van der Waals surface area (Å²) < 4.78 is 4.83. The van der Waals surface area contributed by atoms with Crippen LogP contribution in [0.1, 0.15) is 18.1 Å². The number of aliphatic imine (C=N–C) groups is 1. The molecule has 2 aromatic heterocycles. The monoisotopic (exact) mass is 460 g/mol. The highest BCUT2D eigenvalue weighted by atomic mass is 35.5. The molecule has 3 heterocycles. The number of aromatic nitrogens is 2. The molecule has 162 valence electrons. The molecule has 8 nitrogen and oxygen atoms in total. The topological polar surface area (TPSA) is 94.7 Å². The predicted octanol–water partition coefficient (Wildman–Crippen LogP) is 3.67. The number of esters is 1. The maximum absolute atomic E-state index is 10.9. The molecule has 0 spiro atoms. The zero-order valence-corrected chi connectivity index (χ0v) is 18.9. The molecule has 0 atom stereocenters. The van der Waals surface area contributed by atoms with E-state index in [-0.39, 0.29) is 5.97 Å². The summed E-state index contributed by atoms with van der Waals surface area (Å²) in [5, 5.41) is 9.35. The van der Waals surface area contributed by atoms with Gasteiger partial charge in [-0.3, -0.25) is 0 Å². The van der Waals surface area contributed by atoms with Gasteiger partial charge in [0.05, 0.1) is 5.70 Å². The van der Waals surface area contributed by atoms with Gasteiger partial charge in [-0.1, -0.05) is 35.3 Å². The minimum Gasteiger partial charge on any atom is -0.456 e. The largest absolute Gasteiger partial charge is 0.456 e. The van der Waals surface area contributed by atoms with E-state index in [1.54, 1.807) is 37.6 Å². The van der Waals surface area contributed by atoms with Crippen LogP contribution in [-0.4, -0.2) is 52.3 Å². The van der Waals surface area contributed by atoms with Crippen LogP contribution in [-0.2, 0) is 22.6 Å². The SMILES string of the molecule is CC(=NC#N)N(C)Cc1ccc(Cl)nc1.CN(Cc1ccc(Cl)nc1)C1=CC(=O)OC1. The molecule has 0 amide bonds. The van der Waals surface area contributed by atoms with E-state index in [1.165, 1.54) is 6.08 Å². The fourth-order valence-corrected chi connectivity index (χ4v) is 2.73. The lowest BCUT2D eigenvalue weighted by molar-refractivity contribution is -0.135. The minimum atomic E-state index is -0.281. The molecule has 0 saturated heterocycles. The van der Waals surface area contributed by atoms with Crippen molar-refractivity contribution >= 4 is 35.0 Å². The fourth-order valence-electron chi connectivity index (χ4n) is 2.51. The van der Waals surface area contributed by atoms with Crippen molar-refractivity contribution in [3.05, 3.63) is 69.9 Å². The Hall–Kier alpha value is -3.15. The number of amidine groups is 1. The molecule has 0 bridgehead atoms. The number of hydrogen-bond acceptors (Lipinski definition) is 7. The number of hydrogen-bond donors (Lipinski definition) is 0. The lowest BCUT2D eigenvalue weighted by atomic mass is 10.2. The number of likely N-dealkylation sites (N-methyl/N-ethyl adjacent to an activating group) is 1. The second-order valence-electron chi connectivity index (χ2n) is 6.69. The summed E-state index contributed by atoms with van der Waals surface area (Å²) in [5.41, 5.74) is 2.93. The van der Waals surface area contributed by atoms with Crippen LogP contribution in [0.4, 0.5) is 0 Å². The summed E-state index contributed by atoms with van der Waals surface area (Å²) in [6.45, 7) is 3.46. The van der Waals surface area contributed by atoms with Crippen LogP contribution in [0, 0.1) is 11.5 Å². The first-order chi connectivity index (χ1) is 14.8. The van der Waals surface area contributed by atoms with E-state index in [4.69, 9.17) is 33.2 Å².